The molecule has 0 bridgehead atoms. The Morgan fingerprint density at radius 3 is 2.61 bits per heavy atom. The molecule has 0 aromatic heterocycles. The molecule has 0 heterocycles. The van der Waals surface area contributed by atoms with Gasteiger partial charge in [-0.3, -0.25) is 0 Å². The number of nitrogens with zero attached hydrogens (tertiary/aromatic N) is 1. The second-order valence-corrected chi connectivity index (χ2v) is 3.87. The highest BCUT2D eigenvalue weighted by molar-refractivity contribution is 5.66. The summed E-state index contributed by atoms with van der Waals surface area (Å²) in [5.74, 6) is 0.404. The molecule has 2 aromatic rings. The van der Waals surface area contributed by atoms with Crippen molar-refractivity contribution in [1.29, 1.82) is 5.26 Å². The van der Waals surface area contributed by atoms with Gasteiger partial charge in [0.2, 0.25) is 0 Å². The summed E-state index contributed by atoms with van der Waals surface area (Å²) in [6.45, 7) is 0. The average molecular weight is 241 g/mol. The van der Waals surface area contributed by atoms with E-state index in [2.05, 4.69) is 6.07 Å². The quantitative estimate of drug-likeness (QED) is 0.823. The average Bonchev–Trinajstić information content (AvgIpc) is 2.39. The van der Waals surface area contributed by atoms with E-state index >= 15 is 0 Å². The molecule has 0 radical (unpaired) electrons. The molecule has 2 nitrogen and oxygen atoms in total. The first-order valence-electron chi connectivity index (χ1n) is 5.54. The lowest BCUT2D eigenvalue weighted by Crippen LogP contribution is -1.92. The summed E-state index contributed by atoms with van der Waals surface area (Å²) in [4.78, 5) is 0. The lowest BCUT2D eigenvalue weighted by atomic mass is 10.0. The second kappa shape index (κ2) is 5.33. The third-order valence-corrected chi connectivity index (χ3v) is 2.71. The molecule has 0 unspecified atom stereocenters. The highest BCUT2D eigenvalue weighted by Crippen LogP contribution is 2.27. The summed E-state index contributed by atoms with van der Waals surface area (Å²) in [5, 5.41) is 8.78. The standard InChI is InChI=1S/C15H12FNO/c1-18-15-6-5-12(9-13(15)7-8-17)11-3-2-4-14(16)10-11/h2-6,9-10H,7H2,1H3. The van der Waals surface area contributed by atoms with Crippen LogP contribution in [0.15, 0.2) is 42.5 Å². The molecule has 0 aliphatic rings. The molecule has 3 heteroatoms. The number of benzene rings is 2. The lowest BCUT2D eigenvalue weighted by molar-refractivity contribution is 0.411. The minimum atomic E-state index is -0.273. The van der Waals surface area contributed by atoms with Crippen LogP contribution in [0.5, 0.6) is 5.75 Å². The van der Waals surface area contributed by atoms with Gasteiger partial charge in [-0.25, -0.2) is 4.39 Å². The number of ether oxygens (including phenoxy) is 1. The van der Waals surface area contributed by atoms with Crippen molar-refractivity contribution in [2.24, 2.45) is 0 Å². The molecule has 0 atom stereocenters. The SMILES string of the molecule is COc1ccc(-c2cccc(F)c2)cc1CC#N. The number of halogens is 1. The summed E-state index contributed by atoms with van der Waals surface area (Å²) in [5.41, 5.74) is 2.47. The van der Waals surface area contributed by atoms with Crippen LogP contribution in [0.1, 0.15) is 5.56 Å². The summed E-state index contributed by atoms with van der Waals surface area (Å²) < 4.78 is 18.4. The molecule has 2 rings (SSSR count). The maximum absolute atomic E-state index is 13.2. The van der Waals surface area contributed by atoms with Crippen LogP contribution in [0.4, 0.5) is 4.39 Å². The zero-order valence-electron chi connectivity index (χ0n) is 9.98. The van der Waals surface area contributed by atoms with E-state index in [1.54, 1.807) is 19.2 Å². The molecule has 0 spiro atoms. The van der Waals surface area contributed by atoms with Gasteiger partial charge in [0.1, 0.15) is 11.6 Å². The predicted octanol–water partition coefficient (Wildman–Crippen LogP) is 3.57. The van der Waals surface area contributed by atoms with Crippen LogP contribution in [0.25, 0.3) is 11.1 Å². The smallest absolute Gasteiger partial charge is 0.123 e. The minimum absolute atomic E-state index is 0.270. The summed E-state index contributed by atoms with van der Waals surface area (Å²) >= 11 is 0. The monoisotopic (exact) mass is 241 g/mol. The maximum Gasteiger partial charge on any atom is 0.123 e. The number of rotatable bonds is 3. The molecule has 0 saturated heterocycles. The molecule has 90 valence electrons. The Balaban J connectivity index is 2.47. The largest absolute Gasteiger partial charge is 0.496 e. The van der Waals surface area contributed by atoms with Gasteiger partial charge in [0, 0.05) is 5.56 Å². The third-order valence-electron chi connectivity index (χ3n) is 2.71. The molecule has 2 aromatic carbocycles. The van der Waals surface area contributed by atoms with Crippen molar-refractivity contribution >= 4 is 0 Å². The van der Waals surface area contributed by atoms with Crippen molar-refractivity contribution in [3.8, 4) is 22.9 Å². The number of nitriles is 1. The van der Waals surface area contributed by atoms with E-state index < -0.39 is 0 Å². The van der Waals surface area contributed by atoms with Gasteiger partial charge in [0.25, 0.3) is 0 Å². The normalized spacial score (nSPS) is 9.83. The molecule has 0 amide bonds. The van der Waals surface area contributed by atoms with Crippen molar-refractivity contribution in [2.75, 3.05) is 7.11 Å². The fourth-order valence-corrected chi connectivity index (χ4v) is 1.85. The maximum atomic E-state index is 13.2. The molecule has 0 N–H and O–H groups in total. The molecule has 0 saturated carbocycles. The highest BCUT2D eigenvalue weighted by atomic mass is 19.1. The van der Waals surface area contributed by atoms with Gasteiger partial charge < -0.3 is 4.74 Å². The van der Waals surface area contributed by atoms with Crippen LogP contribution in [0.3, 0.4) is 0 Å². The van der Waals surface area contributed by atoms with Gasteiger partial charge >= 0.3 is 0 Å². The van der Waals surface area contributed by atoms with Gasteiger partial charge in [-0.05, 0) is 35.4 Å². The van der Waals surface area contributed by atoms with Crippen molar-refractivity contribution in [1.82, 2.24) is 0 Å². The van der Waals surface area contributed by atoms with Gasteiger partial charge in [-0.15, -0.1) is 0 Å². The number of hydrogen-bond donors (Lipinski definition) is 0. The number of methoxy groups -OCH3 is 1. The zero-order chi connectivity index (χ0) is 13.0. The predicted molar refractivity (Wildman–Crippen MR) is 67.7 cm³/mol. The Labute approximate surface area is 105 Å². The van der Waals surface area contributed by atoms with Gasteiger partial charge in [0.15, 0.2) is 0 Å². The van der Waals surface area contributed by atoms with E-state index in [0.717, 1.165) is 16.7 Å². The van der Waals surface area contributed by atoms with Gasteiger partial charge in [-0.2, -0.15) is 5.26 Å². The zero-order valence-corrected chi connectivity index (χ0v) is 9.98. The van der Waals surface area contributed by atoms with E-state index in [9.17, 15) is 4.39 Å². The molecule has 18 heavy (non-hydrogen) atoms. The van der Waals surface area contributed by atoms with Gasteiger partial charge in [-0.1, -0.05) is 18.2 Å². The van der Waals surface area contributed by atoms with Crippen LogP contribution in [0.2, 0.25) is 0 Å². The first kappa shape index (κ1) is 12.1. The lowest BCUT2D eigenvalue weighted by Gasteiger charge is -2.08. The first-order chi connectivity index (χ1) is 8.74. The van der Waals surface area contributed by atoms with Crippen molar-refractivity contribution < 1.29 is 9.13 Å². The summed E-state index contributed by atoms with van der Waals surface area (Å²) in [7, 11) is 1.57. The molecular formula is C15H12FNO. The van der Waals surface area contributed by atoms with E-state index in [-0.39, 0.29) is 12.2 Å². The third kappa shape index (κ3) is 2.49. The molecule has 0 fully saturated rings. The first-order valence-corrected chi connectivity index (χ1v) is 5.54. The topological polar surface area (TPSA) is 33.0 Å². The van der Waals surface area contributed by atoms with E-state index in [0.29, 0.717) is 5.75 Å². The Bertz CT molecular complexity index is 602. The van der Waals surface area contributed by atoms with Crippen molar-refractivity contribution in [2.45, 2.75) is 6.42 Å². The second-order valence-electron chi connectivity index (χ2n) is 3.87. The van der Waals surface area contributed by atoms with Gasteiger partial charge in [0.05, 0.1) is 19.6 Å². The van der Waals surface area contributed by atoms with E-state index in [1.807, 2.05) is 18.2 Å². The Morgan fingerprint density at radius 2 is 1.94 bits per heavy atom. The van der Waals surface area contributed by atoms with Crippen LogP contribution in [-0.4, -0.2) is 7.11 Å². The van der Waals surface area contributed by atoms with Crippen LogP contribution in [0, 0.1) is 17.1 Å². The minimum Gasteiger partial charge on any atom is -0.496 e. The Hall–Kier alpha value is -2.34. The Kier molecular flexibility index (Phi) is 3.59. The molecular weight excluding hydrogens is 229 g/mol. The number of hydrogen-bond acceptors (Lipinski definition) is 2. The Morgan fingerprint density at radius 1 is 1.17 bits per heavy atom. The van der Waals surface area contributed by atoms with E-state index in [4.69, 9.17) is 10.00 Å². The van der Waals surface area contributed by atoms with Crippen molar-refractivity contribution in [3.63, 3.8) is 0 Å². The fraction of sp³-hybridized carbons (Fsp3) is 0.133. The molecule has 0 aliphatic heterocycles. The summed E-state index contributed by atoms with van der Waals surface area (Å²) in [6, 6.07) is 14.0. The summed E-state index contributed by atoms with van der Waals surface area (Å²) in [6.07, 6.45) is 0.270. The van der Waals surface area contributed by atoms with E-state index in [1.165, 1.54) is 12.1 Å². The van der Waals surface area contributed by atoms with Crippen LogP contribution >= 0.6 is 0 Å². The van der Waals surface area contributed by atoms with Crippen LogP contribution < -0.4 is 4.74 Å². The van der Waals surface area contributed by atoms with Crippen molar-refractivity contribution in [3.05, 3.63) is 53.8 Å². The van der Waals surface area contributed by atoms with Crippen LogP contribution in [-0.2, 0) is 6.42 Å². The molecule has 0 aliphatic carbocycles. The highest BCUT2D eigenvalue weighted by Gasteiger charge is 2.06. The fourth-order valence-electron chi connectivity index (χ4n) is 1.85.